The van der Waals surface area contributed by atoms with Crippen molar-refractivity contribution in [3.05, 3.63) is 11.8 Å². The molecule has 4 heteroatoms. The zero-order chi connectivity index (χ0) is 6.85. The molecule has 9 heavy (non-hydrogen) atoms. The summed E-state index contributed by atoms with van der Waals surface area (Å²) in [6.07, 6.45) is 0.717. The molecule has 0 fully saturated rings. The van der Waals surface area contributed by atoms with Gasteiger partial charge < -0.3 is 15.5 Å². The van der Waals surface area contributed by atoms with E-state index in [2.05, 4.69) is 5.32 Å². The van der Waals surface area contributed by atoms with E-state index in [4.69, 9.17) is 10.2 Å². The number of hydrogen-bond donors (Lipinski definition) is 3. The third-order valence-corrected chi connectivity index (χ3v) is 1.06. The molecule has 1 aliphatic heterocycles. The molecule has 4 nitrogen and oxygen atoms in total. The highest BCUT2D eigenvalue weighted by atomic mass is 16.3. The molecular weight excluding hydrogens is 122 g/mol. The van der Waals surface area contributed by atoms with Crippen molar-refractivity contribution in [1.82, 2.24) is 5.32 Å². The quantitative estimate of drug-likeness (QED) is 0.403. The SMILES string of the molecule is O=C1NC(O)CC=C1O. The largest absolute Gasteiger partial charge is 0.503 e. The van der Waals surface area contributed by atoms with Crippen LogP contribution in [-0.2, 0) is 4.79 Å². The summed E-state index contributed by atoms with van der Waals surface area (Å²) in [7, 11) is 0. The van der Waals surface area contributed by atoms with Crippen molar-refractivity contribution in [3.63, 3.8) is 0 Å². The minimum Gasteiger partial charge on any atom is -0.503 e. The fourth-order valence-corrected chi connectivity index (χ4v) is 0.600. The highest BCUT2D eigenvalue weighted by molar-refractivity contribution is 5.91. The van der Waals surface area contributed by atoms with Crippen molar-refractivity contribution in [2.45, 2.75) is 12.6 Å². The summed E-state index contributed by atoms with van der Waals surface area (Å²) in [5.74, 6) is -0.936. The van der Waals surface area contributed by atoms with Crippen molar-refractivity contribution in [2.24, 2.45) is 0 Å². The molecule has 0 bridgehead atoms. The Labute approximate surface area is 51.8 Å². The van der Waals surface area contributed by atoms with E-state index in [9.17, 15) is 4.79 Å². The van der Waals surface area contributed by atoms with E-state index in [1.165, 1.54) is 6.08 Å². The van der Waals surface area contributed by atoms with Crippen LogP contribution in [0.5, 0.6) is 0 Å². The Bertz CT molecular complexity index is 164. The molecule has 1 unspecified atom stereocenters. The predicted molar refractivity (Wildman–Crippen MR) is 29.5 cm³/mol. The number of aliphatic hydroxyl groups is 2. The summed E-state index contributed by atoms with van der Waals surface area (Å²) in [6.45, 7) is 0. The van der Waals surface area contributed by atoms with Gasteiger partial charge >= 0.3 is 0 Å². The number of aliphatic hydroxyl groups excluding tert-OH is 2. The molecule has 0 spiro atoms. The van der Waals surface area contributed by atoms with Crippen LogP contribution in [0.25, 0.3) is 0 Å². The normalized spacial score (nSPS) is 27.0. The van der Waals surface area contributed by atoms with Crippen LogP contribution >= 0.6 is 0 Å². The van der Waals surface area contributed by atoms with E-state index < -0.39 is 12.1 Å². The van der Waals surface area contributed by atoms with Crippen molar-refractivity contribution in [1.29, 1.82) is 0 Å². The maximum atomic E-state index is 10.4. The van der Waals surface area contributed by atoms with Gasteiger partial charge in [-0.1, -0.05) is 0 Å². The lowest BCUT2D eigenvalue weighted by Crippen LogP contribution is -2.38. The molecule has 50 valence electrons. The standard InChI is InChI=1S/C5H7NO3/c7-3-1-2-4(8)6-5(3)9/h1,4,7-8H,2H2,(H,6,9). The molecular formula is C5H7NO3. The summed E-state index contributed by atoms with van der Waals surface area (Å²) < 4.78 is 0. The van der Waals surface area contributed by atoms with Crippen molar-refractivity contribution in [2.75, 3.05) is 0 Å². The second-order valence-electron chi connectivity index (χ2n) is 1.81. The Morgan fingerprint density at radius 3 is 2.89 bits per heavy atom. The van der Waals surface area contributed by atoms with Gasteiger partial charge in [-0.3, -0.25) is 4.79 Å². The topological polar surface area (TPSA) is 69.6 Å². The van der Waals surface area contributed by atoms with Gasteiger partial charge in [-0.15, -0.1) is 0 Å². The third-order valence-electron chi connectivity index (χ3n) is 1.06. The van der Waals surface area contributed by atoms with Gasteiger partial charge in [0.05, 0.1) is 0 Å². The minimum absolute atomic E-state index is 0.275. The molecule has 1 aliphatic rings. The second-order valence-corrected chi connectivity index (χ2v) is 1.81. The summed E-state index contributed by atoms with van der Waals surface area (Å²) >= 11 is 0. The Morgan fingerprint density at radius 2 is 2.44 bits per heavy atom. The highest BCUT2D eigenvalue weighted by Crippen LogP contribution is 2.01. The van der Waals surface area contributed by atoms with Gasteiger partial charge in [0.25, 0.3) is 5.91 Å². The first kappa shape index (κ1) is 6.10. The van der Waals surface area contributed by atoms with Crippen LogP contribution in [0, 0.1) is 0 Å². The fourth-order valence-electron chi connectivity index (χ4n) is 0.600. The molecule has 0 saturated carbocycles. The van der Waals surface area contributed by atoms with Gasteiger partial charge in [-0.05, 0) is 6.08 Å². The lowest BCUT2D eigenvalue weighted by molar-refractivity contribution is -0.123. The van der Waals surface area contributed by atoms with Gasteiger partial charge in [-0.25, -0.2) is 0 Å². The van der Waals surface area contributed by atoms with Gasteiger partial charge in [0.1, 0.15) is 6.23 Å². The van der Waals surface area contributed by atoms with Gasteiger partial charge in [0.15, 0.2) is 5.76 Å². The highest BCUT2D eigenvalue weighted by Gasteiger charge is 2.16. The van der Waals surface area contributed by atoms with Crippen molar-refractivity contribution >= 4 is 5.91 Å². The Hall–Kier alpha value is -1.03. The average molecular weight is 129 g/mol. The van der Waals surface area contributed by atoms with Crippen LogP contribution < -0.4 is 5.32 Å². The molecule has 1 amide bonds. The minimum atomic E-state index is -0.839. The van der Waals surface area contributed by atoms with Crippen LogP contribution in [0.3, 0.4) is 0 Å². The third kappa shape index (κ3) is 1.20. The van der Waals surface area contributed by atoms with E-state index in [-0.39, 0.29) is 12.2 Å². The molecule has 3 N–H and O–H groups in total. The first-order valence-electron chi connectivity index (χ1n) is 2.58. The molecule has 0 saturated heterocycles. The maximum Gasteiger partial charge on any atom is 0.287 e. The number of carbonyl (C=O) groups is 1. The van der Waals surface area contributed by atoms with Gasteiger partial charge in [0.2, 0.25) is 0 Å². The van der Waals surface area contributed by atoms with Crippen LogP contribution in [-0.4, -0.2) is 22.3 Å². The van der Waals surface area contributed by atoms with E-state index in [1.807, 2.05) is 0 Å². The fraction of sp³-hybridized carbons (Fsp3) is 0.400. The monoisotopic (exact) mass is 129 g/mol. The summed E-state index contributed by atoms with van der Waals surface area (Å²) in [5.41, 5.74) is 0. The number of amides is 1. The molecule has 0 aromatic rings. The summed E-state index contributed by atoms with van der Waals surface area (Å²) in [6, 6.07) is 0. The van der Waals surface area contributed by atoms with E-state index in [0.29, 0.717) is 0 Å². The lowest BCUT2D eigenvalue weighted by atomic mass is 10.2. The maximum absolute atomic E-state index is 10.4. The van der Waals surface area contributed by atoms with Crippen molar-refractivity contribution in [3.8, 4) is 0 Å². The molecule has 0 aromatic carbocycles. The predicted octanol–water partition coefficient (Wildman–Crippen LogP) is -0.733. The smallest absolute Gasteiger partial charge is 0.287 e. The summed E-state index contributed by atoms with van der Waals surface area (Å²) in [4.78, 5) is 10.4. The number of hydrogen-bond acceptors (Lipinski definition) is 3. The molecule has 1 atom stereocenters. The molecule has 0 aromatic heterocycles. The second kappa shape index (κ2) is 2.06. The van der Waals surface area contributed by atoms with Crippen molar-refractivity contribution < 1.29 is 15.0 Å². The summed E-state index contributed by atoms with van der Waals surface area (Å²) in [5, 5.41) is 19.5. The lowest BCUT2D eigenvalue weighted by Gasteiger charge is -2.14. The first-order valence-corrected chi connectivity index (χ1v) is 2.58. The van der Waals surface area contributed by atoms with E-state index in [1.54, 1.807) is 0 Å². The molecule has 0 radical (unpaired) electrons. The Kier molecular flexibility index (Phi) is 1.40. The van der Waals surface area contributed by atoms with Gasteiger partial charge in [-0.2, -0.15) is 0 Å². The van der Waals surface area contributed by atoms with E-state index >= 15 is 0 Å². The average Bonchev–Trinajstić information content (AvgIpc) is 1.80. The first-order chi connectivity index (χ1) is 4.20. The Morgan fingerprint density at radius 1 is 1.78 bits per heavy atom. The van der Waals surface area contributed by atoms with Crippen LogP contribution in [0.2, 0.25) is 0 Å². The number of carbonyl (C=O) groups excluding carboxylic acids is 1. The zero-order valence-electron chi connectivity index (χ0n) is 4.66. The molecule has 1 heterocycles. The van der Waals surface area contributed by atoms with Crippen LogP contribution in [0.1, 0.15) is 6.42 Å². The molecule has 1 rings (SSSR count). The van der Waals surface area contributed by atoms with Crippen LogP contribution in [0.15, 0.2) is 11.8 Å². The number of nitrogens with one attached hydrogen (secondary N) is 1. The van der Waals surface area contributed by atoms with Crippen LogP contribution in [0.4, 0.5) is 0 Å². The van der Waals surface area contributed by atoms with E-state index in [0.717, 1.165) is 0 Å². The Balaban J connectivity index is 2.68. The molecule has 0 aliphatic carbocycles. The zero-order valence-corrected chi connectivity index (χ0v) is 4.66. The number of rotatable bonds is 0. The van der Waals surface area contributed by atoms with Gasteiger partial charge in [0, 0.05) is 6.42 Å².